The van der Waals surface area contributed by atoms with Gasteiger partial charge < -0.3 is 14.4 Å². The fraction of sp³-hybridized carbons (Fsp3) is 0.933. The maximum Gasteiger partial charge on any atom is 0.355 e. The van der Waals surface area contributed by atoms with E-state index >= 15 is 0 Å². The van der Waals surface area contributed by atoms with Gasteiger partial charge in [-0.05, 0) is 31.6 Å². The molecule has 0 spiro atoms. The zero-order chi connectivity index (χ0) is 18.1. The predicted octanol–water partition coefficient (Wildman–Crippen LogP) is 4.20. The minimum absolute atomic E-state index is 0.0434. The Morgan fingerprint density at radius 2 is 1.74 bits per heavy atom. The molecule has 6 nitrogen and oxygen atoms in total. The molecule has 0 rings (SSSR count). The van der Waals surface area contributed by atoms with Gasteiger partial charge in [0, 0.05) is 12.5 Å². The van der Waals surface area contributed by atoms with Crippen LogP contribution in [0.25, 0.3) is 0 Å². The summed E-state index contributed by atoms with van der Waals surface area (Å²) in [6, 6.07) is 0. The van der Waals surface area contributed by atoms with Crippen LogP contribution < -0.4 is 5.32 Å². The molecule has 0 bridgehead atoms. The van der Waals surface area contributed by atoms with Crippen molar-refractivity contribution < 1.29 is 23.4 Å². The molecule has 1 unspecified atom stereocenters. The van der Waals surface area contributed by atoms with Gasteiger partial charge in [-0.1, -0.05) is 40.5 Å². The van der Waals surface area contributed by atoms with E-state index in [4.69, 9.17) is 25.5 Å². The second kappa shape index (κ2) is 16.8. The number of amides is 1. The van der Waals surface area contributed by atoms with Crippen LogP contribution in [0.1, 0.15) is 60.3 Å². The summed E-state index contributed by atoms with van der Waals surface area (Å²) in [7, 11) is 1.38. The molecule has 1 atom stereocenters. The van der Waals surface area contributed by atoms with Crippen molar-refractivity contribution in [2.75, 3.05) is 26.9 Å². The summed E-state index contributed by atoms with van der Waals surface area (Å²) in [6.45, 7) is 8.49. The summed E-state index contributed by atoms with van der Waals surface area (Å²) in [5.41, 5.74) is 0. The Labute approximate surface area is 146 Å². The highest BCUT2D eigenvalue weighted by Crippen LogP contribution is 2.49. The number of nitrogens with one attached hydrogen (secondary N) is 1. The van der Waals surface area contributed by atoms with Crippen LogP contribution in [0.5, 0.6) is 0 Å². The summed E-state index contributed by atoms with van der Waals surface area (Å²) in [5, 5.41) is 2.89. The van der Waals surface area contributed by atoms with Gasteiger partial charge in [-0.15, -0.1) is 4.67 Å². The fourth-order valence-corrected chi connectivity index (χ4v) is 3.24. The second-order valence-corrected chi connectivity index (χ2v) is 7.70. The third kappa shape index (κ3) is 15.2. The molecule has 0 aromatic carbocycles. The quantitative estimate of drug-likeness (QED) is 0.226. The Hall–Kier alpha value is -0.0400. The minimum atomic E-state index is -2.75. The number of unbranched alkanes of at least 4 members (excludes halogenated alkanes) is 3. The van der Waals surface area contributed by atoms with E-state index in [1.807, 2.05) is 34.6 Å². The molecule has 8 heteroatoms. The van der Waals surface area contributed by atoms with Crippen LogP contribution in [0.2, 0.25) is 0 Å². The lowest BCUT2D eigenvalue weighted by Gasteiger charge is -2.18. The van der Waals surface area contributed by atoms with Gasteiger partial charge in [0.2, 0.25) is 5.91 Å². The van der Waals surface area contributed by atoms with Gasteiger partial charge in [-0.25, -0.2) is 4.89 Å². The van der Waals surface area contributed by atoms with Crippen molar-refractivity contribution in [1.29, 1.82) is 0 Å². The van der Waals surface area contributed by atoms with Gasteiger partial charge in [-0.2, -0.15) is 0 Å². The van der Waals surface area contributed by atoms with Gasteiger partial charge in [0.1, 0.15) is 0 Å². The molecule has 0 aliphatic carbocycles. The molecule has 0 fully saturated rings. The van der Waals surface area contributed by atoms with E-state index in [9.17, 15) is 4.79 Å². The van der Waals surface area contributed by atoms with Crippen LogP contribution >= 0.6 is 6.72 Å². The van der Waals surface area contributed by atoms with Gasteiger partial charge in [0.05, 0.1) is 20.3 Å². The first-order valence-electron chi connectivity index (χ1n) is 8.34. The zero-order valence-corrected chi connectivity index (χ0v) is 17.1. The summed E-state index contributed by atoms with van der Waals surface area (Å²) < 4.78 is 15.6. The van der Waals surface area contributed by atoms with Crippen molar-refractivity contribution in [1.82, 2.24) is 5.32 Å². The Kier molecular flexibility index (Phi) is 18.4. The van der Waals surface area contributed by atoms with Crippen molar-refractivity contribution in [3.8, 4) is 0 Å². The van der Waals surface area contributed by atoms with Crippen molar-refractivity contribution in [3.63, 3.8) is 0 Å². The molecule has 0 saturated carbocycles. The van der Waals surface area contributed by atoms with Crippen molar-refractivity contribution in [3.05, 3.63) is 0 Å². The standard InChI is InChI=1S/C13H28NO5PS.C2H6/c1-5-17-20(21,19-16-4)18-11-9-7-6-8-10-14-13(15)12(2)3;1-2/h12H,5-11H2,1-4H3,(H,14,15);1-2H3. The second-order valence-electron chi connectivity index (χ2n) is 4.80. The predicted molar refractivity (Wildman–Crippen MR) is 97.6 cm³/mol. The van der Waals surface area contributed by atoms with E-state index in [1.54, 1.807) is 0 Å². The van der Waals surface area contributed by atoms with Crippen LogP contribution in [0, 0.1) is 5.92 Å². The average Bonchev–Trinajstić information content (AvgIpc) is 2.52. The van der Waals surface area contributed by atoms with E-state index in [0.717, 1.165) is 32.2 Å². The van der Waals surface area contributed by atoms with Gasteiger partial charge >= 0.3 is 6.72 Å². The van der Waals surface area contributed by atoms with Crippen molar-refractivity contribution in [2.24, 2.45) is 5.92 Å². The number of carbonyl (C=O) groups excluding carboxylic acids is 1. The number of carbonyl (C=O) groups is 1. The average molecular weight is 371 g/mol. The molecule has 140 valence electrons. The maximum absolute atomic E-state index is 11.3. The van der Waals surface area contributed by atoms with E-state index in [0.29, 0.717) is 13.2 Å². The lowest BCUT2D eigenvalue weighted by molar-refractivity contribution is -0.191. The first-order valence-corrected chi connectivity index (χ1v) is 10.9. The third-order valence-corrected chi connectivity index (χ3v) is 4.82. The van der Waals surface area contributed by atoms with Crippen molar-refractivity contribution in [2.45, 2.75) is 60.3 Å². The normalized spacial score (nSPS) is 13.2. The molecular weight excluding hydrogens is 337 g/mol. The van der Waals surface area contributed by atoms with E-state index in [2.05, 4.69) is 10.2 Å². The highest BCUT2D eigenvalue weighted by Gasteiger charge is 2.20. The van der Waals surface area contributed by atoms with Gasteiger partial charge in [0.15, 0.2) is 0 Å². The van der Waals surface area contributed by atoms with Gasteiger partial charge in [-0.3, -0.25) is 4.79 Å². The molecule has 0 aliphatic rings. The Morgan fingerprint density at radius 1 is 1.13 bits per heavy atom. The lowest BCUT2D eigenvalue weighted by atomic mass is 10.2. The SMILES string of the molecule is CC.CCOP(=S)(OCCCCCCNC(=O)C(C)C)OOC. The maximum atomic E-state index is 11.3. The van der Waals surface area contributed by atoms with Crippen LogP contribution in [-0.4, -0.2) is 32.8 Å². The molecule has 1 amide bonds. The summed E-state index contributed by atoms with van der Waals surface area (Å²) in [4.78, 5) is 15.9. The highest BCUT2D eigenvalue weighted by atomic mass is 32.5. The Balaban J connectivity index is 0. The molecule has 1 N–H and O–H groups in total. The molecule has 0 aromatic heterocycles. The first-order chi connectivity index (χ1) is 10.9. The molecule has 0 saturated heterocycles. The Bertz CT molecular complexity index is 319. The third-order valence-electron chi connectivity index (χ3n) is 2.60. The number of hydrogen-bond acceptors (Lipinski definition) is 6. The lowest BCUT2D eigenvalue weighted by Crippen LogP contribution is -2.28. The van der Waals surface area contributed by atoms with Crippen LogP contribution in [-0.2, 0) is 35.2 Å². The molecule has 0 aliphatic heterocycles. The topological polar surface area (TPSA) is 66.0 Å². The highest BCUT2D eigenvalue weighted by molar-refractivity contribution is 8.07. The van der Waals surface area contributed by atoms with Crippen molar-refractivity contribution >= 4 is 24.4 Å². The van der Waals surface area contributed by atoms with E-state index < -0.39 is 6.72 Å². The minimum Gasteiger partial charge on any atom is -0.356 e. The van der Waals surface area contributed by atoms with E-state index in [-0.39, 0.29) is 11.8 Å². The summed E-state index contributed by atoms with van der Waals surface area (Å²) >= 11 is 5.14. The summed E-state index contributed by atoms with van der Waals surface area (Å²) in [6.07, 6.45) is 3.87. The van der Waals surface area contributed by atoms with Crippen LogP contribution in [0.4, 0.5) is 0 Å². The monoisotopic (exact) mass is 371 g/mol. The molecular formula is C15H34NO5PS. The molecule has 0 heterocycles. The molecule has 23 heavy (non-hydrogen) atoms. The van der Waals surface area contributed by atoms with E-state index in [1.165, 1.54) is 7.11 Å². The van der Waals surface area contributed by atoms with Gasteiger partial charge in [0.25, 0.3) is 0 Å². The molecule has 0 aromatic rings. The Morgan fingerprint density at radius 3 is 2.26 bits per heavy atom. The largest absolute Gasteiger partial charge is 0.356 e. The van der Waals surface area contributed by atoms with Crippen LogP contribution in [0.15, 0.2) is 0 Å². The zero-order valence-electron chi connectivity index (χ0n) is 15.4. The number of hydrogen-bond donors (Lipinski definition) is 1. The first kappa shape index (κ1) is 25.2. The smallest absolute Gasteiger partial charge is 0.355 e. The summed E-state index contributed by atoms with van der Waals surface area (Å²) in [5.74, 6) is 0.148. The molecule has 0 radical (unpaired) electrons. The van der Waals surface area contributed by atoms with Crippen LogP contribution in [0.3, 0.4) is 0 Å². The number of rotatable bonds is 13. The fourth-order valence-electron chi connectivity index (χ4n) is 1.50.